The fourth-order valence-corrected chi connectivity index (χ4v) is 3.04. The largest absolute Gasteiger partial charge is 0.240 e. The number of rotatable bonds is 4. The van der Waals surface area contributed by atoms with E-state index in [1.807, 2.05) is 6.92 Å². The fourth-order valence-electron chi connectivity index (χ4n) is 1.24. The van der Waals surface area contributed by atoms with Gasteiger partial charge >= 0.3 is 0 Å². The molecule has 90 valence electrons. The van der Waals surface area contributed by atoms with Crippen molar-refractivity contribution < 1.29 is 12.8 Å². The molecule has 0 heterocycles. The molecule has 1 rings (SSSR count). The molecule has 0 amide bonds. The second-order valence-corrected chi connectivity index (χ2v) is 5.97. The Morgan fingerprint density at radius 3 is 2.62 bits per heavy atom. The van der Waals surface area contributed by atoms with E-state index < -0.39 is 15.8 Å². The first kappa shape index (κ1) is 13.6. The van der Waals surface area contributed by atoms with Crippen molar-refractivity contribution in [3.63, 3.8) is 0 Å². The topological polar surface area (TPSA) is 46.2 Å². The first-order valence-corrected chi connectivity index (χ1v) is 7.12. The van der Waals surface area contributed by atoms with Crippen molar-refractivity contribution in [2.75, 3.05) is 6.54 Å². The average Bonchev–Trinajstić information content (AvgIpc) is 2.23. The average molecular weight is 310 g/mol. The second kappa shape index (κ2) is 5.25. The lowest BCUT2D eigenvalue weighted by Gasteiger charge is -2.09. The summed E-state index contributed by atoms with van der Waals surface area (Å²) in [6.07, 6.45) is 0.692. The van der Waals surface area contributed by atoms with Crippen molar-refractivity contribution in [1.82, 2.24) is 4.72 Å². The molecule has 0 saturated heterocycles. The molecule has 0 unspecified atom stereocenters. The number of halogens is 2. The quantitative estimate of drug-likeness (QED) is 0.929. The standard InChI is InChI=1S/C10H13BrFNO2S/c1-3-6-13-16(14,15)9-5-4-8(11)10(12)7(9)2/h4-5,13H,3,6H2,1-2H3. The van der Waals surface area contributed by atoms with Crippen LogP contribution in [0.4, 0.5) is 4.39 Å². The minimum Gasteiger partial charge on any atom is -0.211 e. The Balaban J connectivity index is 3.19. The summed E-state index contributed by atoms with van der Waals surface area (Å²) in [7, 11) is -3.60. The van der Waals surface area contributed by atoms with E-state index in [-0.39, 0.29) is 14.9 Å². The van der Waals surface area contributed by atoms with Gasteiger partial charge in [0.05, 0.1) is 9.37 Å². The predicted octanol–water partition coefficient (Wildman–Crippen LogP) is 2.58. The van der Waals surface area contributed by atoms with Gasteiger partial charge in [-0.25, -0.2) is 17.5 Å². The lowest BCUT2D eigenvalue weighted by molar-refractivity contribution is 0.572. The van der Waals surface area contributed by atoms with Gasteiger partial charge in [0.2, 0.25) is 10.0 Å². The monoisotopic (exact) mass is 309 g/mol. The number of nitrogens with one attached hydrogen (secondary N) is 1. The van der Waals surface area contributed by atoms with E-state index in [0.29, 0.717) is 13.0 Å². The molecular formula is C10H13BrFNO2S. The summed E-state index contributed by atoms with van der Waals surface area (Å²) >= 11 is 3.01. The SMILES string of the molecule is CCCNS(=O)(=O)c1ccc(Br)c(F)c1C. The minimum atomic E-state index is -3.60. The lowest BCUT2D eigenvalue weighted by atomic mass is 10.2. The summed E-state index contributed by atoms with van der Waals surface area (Å²) in [4.78, 5) is -0.0124. The molecule has 0 saturated carbocycles. The highest BCUT2D eigenvalue weighted by Crippen LogP contribution is 2.24. The van der Waals surface area contributed by atoms with Crippen LogP contribution in [-0.4, -0.2) is 15.0 Å². The summed E-state index contributed by atoms with van der Waals surface area (Å²) in [5.74, 6) is -0.542. The van der Waals surface area contributed by atoms with E-state index in [9.17, 15) is 12.8 Å². The summed E-state index contributed by atoms with van der Waals surface area (Å²) in [6.45, 7) is 3.65. The maximum Gasteiger partial charge on any atom is 0.240 e. The number of hydrogen-bond donors (Lipinski definition) is 1. The highest BCUT2D eigenvalue weighted by atomic mass is 79.9. The molecule has 1 aromatic carbocycles. The van der Waals surface area contributed by atoms with E-state index in [1.54, 1.807) is 0 Å². The summed E-state index contributed by atoms with van der Waals surface area (Å²) in [5.41, 5.74) is 0.123. The van der Waals surface area contributed by atoms with Crippen molar-refractivity contribution in [3.8, 4) is 0 Å². The van der Waals surface area contributed by atoms with Gasteiger partial charge in [0.1, 0.15) is 5.82 Å². The van der Waals surface area contributed by atoms with Gasteiger partial charge in [-0.3, -0.25) is 0 Å². The van der Waals surface area contributed by atoms with Crippen molar-refractivity contribution in [2.45, 2.75) is 25.2 Å². The Labute approximate surface area is 103 Å². The van der Waals surface area contributed by atoms with Gasteiger partial charge < -0.3 is 0 Å². The van der Waals surface area contributed by atoms with Crippen LogP contribution in [0.3, 0.4) is 0 Å². The molecule has 16 heavy (non-hydrogen) atoms. The van der Waals surface area contributed by atoms with Gasteiger partial charge in [-0.1, -0.05) is 6.92 Å². The highest BCUT2D eigenvalue weighted by molar-refractivity contribution is 9.10. The second-order valence-electron chi connectivity index (χ2n) is 3.38. The predicted molar refractivity (Wildman–Crippen MR) is 64.3 cm³/mol. The smallest absolute Gasteiger partial charge is 0.211 e. The van der Waals surface area contributed by atoms with Crippen molar-refractivity contribution >= 4 is 26.0 Å². The van der Waals surface area contributed by atoms with Crippen molar-refractivity contribution in [2.24, 2.45) is 0 Å². The van der Waals surface area contributed by atoms with Crippen molar-refractivity contribution in [3.05, 3.63) is 28.0 Å². The maximum atomic E-state index is 13.5. The number of benzene rings is 1. The third-order valence-electron chi connectivity index (χ3n) is 2.12. The molecule has 0 aliphatic heterocycles. The molecule has 1 N–H and O–H groups in total. The molecule has 6 heteroatoms. The normalized spacial score (nSPS) is 11.8. The van der Waals surface area contributed by atoms with Crippen LogP contribution in [0.15, 0.2) is 21.5 Å². The highest BCUT2D eigenvalue weighted by Gasteiger charge is 2.19. The molecule has 0 spiro atoms. The lowest BCUT2D eigenvalue weighted by Crippen LogP contribution is -2.25. The Hall–Kier alpha value is -0.460. The van der Waals surface area contributed by atoms with Crippen LogP contribution in [0, 0.1) is 12.7 Å². The molecule has 0 bridgehead atoms. The molecule has 0 aliphatic carbocycles. The third kappa shape index (κ3) is 2.81. The Morgan fingerprint density at radius 2 is 2.06 bits per heavy atom. The van der Waals surface area contributed by atoms with Crippen LogP contribution >= 0.6 is 15.9 Å². The van der Waals surface area contributed by atoms with Crippen LogP contribution in [0.2, 0.25) is 0 Å². The van der Waals surface area contributed by atoms with Crippen LogP contribution in [0.5, 0.6) is 0 Å². The zero-order valence-corrected chi connectivity index (χ0v) is 11.5. The van der Waals surface area contributed by atoms with Gasteiger partial charge in [-0.05, 0) is 41.4 Å². The van der Waals surface area contributed by atoms with E-state index in [0.717, 1.165) is 0 Å². The van der Waals surface area contributed by atoms with E-state index in [4.69, 9.17) is 0 Å². The maximum absolute atomic E-state index is 13.5. The van der Waals surface area contributed by atoms with Crippen LogP contribution in [-0.2, 0) is 10.0 Å². The molecule has 0 radical (unpaired) electrons. The van der Waals surface area contributed by atoms with E-state index in [1.165, 1.54) is 19.1 Å². The van der Waals surface area contributed by atoms with Gasteiger partial charge in [0, 0.05) is 12.1 Å². The van der Waals surface area contributed by atoms with Gasteiger partial charge in [0.15, 0.2) is 0 Å². The molecule has 0 fully saturated rings. The van der Waals surface area contributed by atoms with E-state index >= 15 is 0 Å². The van der Waals surface area contributed by atoms with Crippen molar-refractivity contribution in [1.29, 1.82) is 0 Å². The van der Waals surface area contributed by atoms with Gasteiger partial charge in [-0.2, -0.15) is 0 Å². The Morgan fingerprint density at radius 1 is 1.44 bits per heavy atom. The molecule has 3 nitrogen and oxygen atoms in total. The fraction of sp³-hybridized carbons (Fsp3) is 0.400. The molecule has 0 aromatic heterocycles. The molecular weight excluding hydrogens is 297 g/mol. The molecule has 0 atom stereocenters. The first-order valence-electron chi connectivity index (χ1n) is 4.84. The number of sulfonamides is 1. The third-order valence-corrected chi connectivity index (χ3v) is 4.34. The van der Waals surface area contributed by atoms with Crippen LogP contribution < -0.4 is 4.72 Å². The van der Waals surface area contributed by atoms with Gasteiger partial charge in [0.25, 0.3) is 0 Å². The summed E-state index contributed by atoms with van der Waals surface area (Å²) in [5, 5.41) is 0. The number of hydrogen-bond acceptors (Lipinski definition) is 2. The Kier molecular flexibility index (Phi) is 4.46. The molecule has 1 aromatic rings. The van der Waals surface area contributed by atoms with Crippen LogP contribution in [0.25, 0.3) is 0 Å². The molecule has 0 aliphatic rings. The zero-order chi connectivity index (χ0) is 12.3. The van der Waals surface area contributed by atoms with Gasteiger partial charge in [-0.15, -0.1) is 0 Å². The first-order chi connectivity index (χ1) is 7.40. The van der Waals surface area contributed by atoms with E-state index in [2.05, 4.69) is 20.7 Å². The Bertz CT molecular complexity index is 488. The summed E-state index contributed by atoms with van der Waals surface area (Å²) < 4.78 is 39.7. The summed E-state index contributed by atoms with van der Waals surface area (Å²) in [6, 6.07) is 2.78. The van der Waals surface area contributed by atoms with Crippen LogP contribution in [0.1, 0.15) is 18.9 Å². The minimum absolute atomic E-state index is 0.0124. The zero-order valence-electron chi connectivity index (χ0n) is 9.05.